The summed E-state index contributed by atoms with van der Waals surface area (Å²) in [7, 11) is 1.66. The van der Waals surface area contributed by atoms with Crippen molar-refractivity contribution in [2.45, 2.75) is 58.9 Å². The number of nitrogens with two attached hydrogens (primary N) is 2. The van der Waals surface area contributed by atoms with Crippen LogP contribution in [0.1, 0.15) is 72.0 Å². The number of aryl methyl sites for hydroxylation is 1. The number of rotatable bonds is 8. The minimum Gasteiger partial charge on any atom is -0.494 e. The summed E-state index contributed by atoms with van der Waals surface area (Å²) in [5.74, 6) is 6.82. The smallest absolute Gasteiger partial charge is 0.255 e. The zero-order chi connectivity index (χ0) is 28.2. The number of thiazole rings is 1. The van der Waals surface area contributed by atoms with Crippen molar-refractivity contribution >= 4 is 34.3 Å². The molecule has 8 nitrogen and oxygen atoms in total. The molecule has 39 heavy (non-hydrogen) atoms. The Balaban J connectivity index is 1.64. The number of anilines is 2. The van der Waals surface area contributed by atoms with Gasteiger partial charge in [-0.1, -0.05) is 39.3 Å². The van der Waals surface area contributed by atoms with Crippen LogP contribution in [-0.4, -0.2) is 36.0 Å². The summed E-state index contributed by atoms with van der Waals surface area (Å²) in [6.45, 7) is 11.4. The highest BCUT2D eigenvalue weighted by Crippen LogP contribution is 2.37. The number of likely N-dealkylation sites (tertiary alicyclic amines) is 1. The number of nitrogens with one attached hydrogen (secondary N) is 1. The Morgan fingerprint density at radius 1 is 1.21 bits per heavy atom. The van der Waals surface area contributed by atoms with Gasteiger partial charge in [0.05, 0.1) is 34.6 Å². The van der Waals surface area contributed by atoms with E-state index in [0.29, 0.717) is 28.4 Å². The molecule has 9 heteroatoms. The molecule has 1 aliphatic rings. The Labute approximate surface area is 235 Å². The number of piperidine rings is 1. The van der Waals surface area contributed by atoms with E-state index < -0.39 is 0 Å². The first kappa shape index (κ1) is 28.6. The lowest BCUT2D eigenvalue weighted by molar-refractivity contribution is 0.102. The molecule has 2 aromatic carbocycles. The summed E-state index contributed by atoms with van der Waals surface area (Å²) < 4.78 is 5.89. The summed E-state index contributed by atoms with van der Waals surface area (Å²) in [5.41, 5.74) is 13.3. The van der Waals surface area contributed by atoms with Gasteiger partial charge >= 0.3 is 0 Å². The first-order valence-electron chi connectivity index (χ1n) is 13.3. The normalized spacial score (nSPS) is 14.8. The number of amides is 1. The topological polar surface area (TPSA) is 110 Å². The minimum atomic E-state index is -0.239. The summed E-state index contributed by atoms with van der Waals surface area (Å²) >= 11 is 1.43. The van der Waals surface area contributed by atoms with Crippen molar-refractivity contribution in [2.75, 3.05) is 30.5 Å². The van der Waals surface area contributed by atoms with Crippen molar-refractivity contribution < 1.29 is 9.53 Å². The van der Waals surface area contributed by atoms with Crippen molar-refractivity contribution in [2.24, 2.45) is 11.6 Å². The fourth-order valence-corrected chi connectivity index (χ4v) is 5.34. The van der Waals surface area contributed by atoms with Crippen LogP contribution in [0.3, 0.4) is 0 Å². The number of carbonyl (C=O) groups excluding carboxylic acids is 1. The molecule has 0 atom stereocenters. The number of aromatic nitrogens is 1. The van der Waals surface area contributed by atoms with Gasteiger partial charge in [0.15, 0.2) is 0 Å². The maximum atomic E-state index is 13.6. The van der Waals surface area contributed by atoms with E-state index in [9.17, 15) is 4.79 Å². The van der Waals surface area contributed by atoms with Crippen molar-refractivity contribution in [3.05, 3.63) is 75.4 Å². The van der Waals surface area contributed by atoms with E-state index in [1.807, 2.05) is 19.1 Å². The van der Waals surface area contributed by atoms with Crippen LogP contribution in [-0.2, 0) is 12.0 Å². The molecule has 0 aliphatic carbocycles. The minimum absolute atomic E-state index is 0.0934. The summed E-state index contributed by atoms with van der Waals surface area (Å²) in [6.07, 6.45) is 7.04. The molecule has 1 saturated heterocycles. The molecule has 2 heterocycles. The van der Waals surface area contributed by atoms with Gasteiger partial charge in [-0.3, -0.25) is 19.7 Å². The van der Waals surface area contributed by atoms with Gasteiger partial charge < -0.3 is 15.8 Å². The molecule has 4 rings (SSSR count). The number of hydrogen-bond acceptors (Lipinski definition) is 8. The van der Waals surface area contributed by atoms with E-state index >= 15 is 0 Å². The van der Waals surface area contributed by atoms with Crippen LogP contribution < -0.4 is 26.6 Å². The lowest BCUT2D eigenvalue weighted by atomic mass is 9.85. The van der Waals surface area contributed by atoms with E-state index in [1.165, 1.54) is 35.6 Å². The van der Waals surface area contributed by atoms with Gasteiger partial charge in [0.2, 0.25) is 0 Å². The Morgan fingerprint density at radius 3 is 2.59 bits per heavy atom. The lowest BCUT2D eigenvalue weighted by Gasteiger charge is -2.29. The molecule has 0 saturated carbocycles. The number of ether oxygens (including phenoxy) is 1. The van der Waals surface area contributed by atoms with Crippen LogP contribution in [0.25, 0.3) is 5.70 Å². The highest BCUT2D eigenvalue weighted by atomic mass is 32.1. The second-order valence-corrected chi connectivity index (χ2v) is 12.0. The standard InChI is InChI=1S/C30H40N6O2S/c1-20-9-10-21(14-26(20)36(32)18-24(31)27-16-33-19-39-27)29(37)34-25-15-23(30(2,3)4)13-22(28(25)38-5)17-35-11-7-6-8-12-35/h9-10,13-16,18-19H,6-8,11-12,17,31-32H2,1-5H3,(H,34,37)/b24-18-. The molecule has 1 fully saturated rings. The van der Waals surface area contributed by atoms with Crippen LogP contribution in [0.5, 0.6) is 5.75 Å². The maximum Gasteiger partial charge on any atom is 0.255 e. The maximum absolute atomic E-state index is 13.6. The molecule has 1 amide bonds. The summed E-state index contributed by atoms with van der Waals surface area (Å²) in [5, 5.41) is 4.57. The second kappa shape index (κ2) is 12.2. The predicted molar refractivity (Wildman–Crippen MR) is 161 cm³/mol. The van der Waals surface area contributed by atoms with Crippen LogP contribution in [0.2, 0.25) is 0 Å². The molecule has 208 valence electrons. The molecule has 0 unspecified atom stereocenters. The molecular formula is C30H40N6O2S. The van der Waals surface area contributed by atoms with Crippen molar-refractivity contribution in [1.29, 1.82) is 0 Å². The SMILES string of the molecule is COc1c(CN2CCCCC2)cc(C(C)(C)C)cc1NC(=O)c1ccc(C)c(N(N)/C=C(\N)c2cncs2)c1. The van der Waals surface area contributed by atoms with Gasteiger partial charge in [-0.2, -0.15) is 0 Å². The largest absolute Gasteiger partial charge is 0.494 e. The third-order valence-corrected chi connectivity index (χ3v) is 7.89. The highest BCUT2D eigenvalue weighted by molar-refractivity contribution is 7.10. The third kappa shape index (κ3) is 6.98. The average Bonchev–Trinajstić information content (AvgIpc) is 3.44. The Kier molecular flexibility index (Phi) is 8.94. The van der Waals surface area contributed by atoms with Gasteiger partial charge in [0.1, 0.15) is 5.75 Å². The van der Waals surface area contributed by atoms with Crippen LogP contribution >= 0.6 is 11.3 Å². The van der Waals surface area contributed by atoms with Crippen LogP contribution in [0, 0.1) is 6.92 Å². The van der Waals surface area contributed by atoms with E-state index in [2.05, 4.69) is 42.0 Å². The van der Waals surface area contributed by atoms with Gasteiger partial charge in [-0.05, 0) is 67.6 Å². The monoisotopic (exact) mass is 548 g/mol. The molecule has 1 aromatic heterocycles. The number of hydrazine groups is 1. The van der Waals surface area contributed by atoms with Crippen LogP contribution in [0.15, 0.2) is 48.2 Å². The molecule has 0 spiro atoms. The van der Waals surface area contributed by atoms with E-state index in [4.69, 9.17) is 16.3 Å². The lowest BCUT2D eigenvalue weighted by Crippen LogP contribution is -2.29. The molecule has 0 radical (unpaired) electrons. The number of methoxy groups -OCH3 is 1. The quantitative estimate of drug-likeness (QED) is 0.247. The first-order chi connectivity index (χ1) is 18.6. The van der Waals surface area contributed by atoms with Gasteiger partial charge in [0.25, 0.3) is 5.91 Å². The van der Waals surface area contributed by atoms with Gasteiger partial charge in [-0.25, -0.2) is 5.84 Å². The predicted octanol–water partition coefficient (Wildman–Crippen LogP) is 5.63. The Hall–Kier alpha value is -3.40. The van der Waals surface area contributed by atoms with E-state index in [1.54, 1.807) is 37.1 Å². The number of carbonyl (C=O) groups is 1. The van der Waals surface area contributed by atoms with E-state index in [-0.39, 0.29) is 11.3 Å². The molecule has 3 aromatic rings. The Morgan fingerprint density at radius 2 is 1.95 bits per heavy atom. The average molecular weight is 549 g/mol. The molecule has 1 aliphatic heterocycles. The second-order valence-electron chi connectivity index (χ2n) is 11.1. The molecule has 0 bridgehead atoms. The Bertz CT molecular complexity index is 1320. The third-order valence-electron chi connectivity index (χ3n) is 7.07. The van der Waals surface area contributed by atoms with Crippen molar-refractivity contribution in [1.82, 2.24) is 9.88 Å². The van der Waals surface area contributed by atoms with Crippen molar-refractivity contribution in [3.8, 4) is 5.75 Å². The van der Waals surface area contributed by atoms with Crippen molar-refractivity contribution in [3.63, 3.8) is 0 Å². The van der Waals surface area contributed by atoms with Gasteiger partial charge in [-0.15, -0.1) is 11.3 Å². The molecule has 5 N–H and O–H groups in total. The number of nitrogens with zero attached hydrogens (tertiary/aromatic N) is 3. The zero-order valence-corrected chi connectivity index (χ0v) is 24.4. The number of hydrogen-bond donors (Lipinski definition) is 3. The van der Waals surface area contributed by atoms with Crippen LogP contribution in [0.4, 0.5) is 11.4 Å². The number of benzene rings is 2. The highest BCUT2D eigenvalue weighted by Gasteiger charge is 2.23. The van der Waals surface area contributed by atoms with E-state index in [0.717, 1.165) is 41.2 Å². The summed E-state index contributed by atoms with van der Waals surface area (Å²) in [4.78, 5) is 20.9. The summed E-state index contributed by atoms with van der Waals surface area (Å²) in [6, 6.07) is 9.70. The first-order valence-corrected chi connectivity index (χ1v) is 14.2. The molecular weight excluding hydrogens is 508 g/mol. The zero-order valence-electron chi connectivity index (χ0n) is 23.6. The fourth-order valence-electron chi connectivity index (χ4n) is 4.80. The fraction of sp³-hybridized carbons (Fsp3) is 0.400. The van der Waals surface area contributed by atoms with Gasteiger partial charge in [0, 0.05) is 30.1 Å².